The number of nitrogens with one attached hydrogen (secondary N) is 1. The minimum absolute atomic E-state index is 0.534. The molecule has 14 heavy (non-hydrogen) atoms. The largest absolute Gasteiger partial charge is 0.388 e. The highest BCUT2D eigenvalue weighted by Crippen LogP contribution is 2.21. The Morgan fingerprint density at radius 2 is 2.07 bits per heavy atom. The van der Waals surface area contributed by atoms with Crippen LogP contribution in [-0.4, -0.2) is 23.8 Å². The normalized spacial score (nSPS) is 26.7. The highest BCUT2D eigenvalue weighted by atomic mass is 79.9. The molecule has 1 saturated heterocycles. The summed E-state index contributed by atoms with van der Waals surface area (Å²) in [4.78, 5) is 0. The lowest BCUT2D eigenvalue weighted by Crippen LogP contribution is -2.33. The molecular weight excluding hydrogens is 242 g/mol. The van der Waals surface area contributed by atoms with Gasteiger partial charge in [0, 0.05) is 17.4 Å². The summed E-state index contributed by atoms with van der Waals surface area (Å²) < 4.78 is 1.08. The third-order valence-corrected chi connectivity index (χ3v) is 3.20. The zero-order valence-electron chi connectivity index (χ0n) is 7.96. The molecule has 2 nitrogen and oxygen atoms in total. The fraction of sp³-hybridized carbons (Fsp3) is 0.455. The highest BCUT2D eigenvalue weighted by molar-refractivity contribution is 9.10. The molecule has 1 aromatic rings. The SMILES string of the molecule is OC1(Cc2ccc(Br)cc2)CCNC1. The van der Waals surface area contributed by atoms with E-state index in [4.69, 9.17) is 0 Å². The van der Waals surface area contributed by atoms with Crippen LogP contribution in [0.4, 0.5) is 0 Å². The summed E-state index contributed by atoms with van der Waals surface area (Å²) >= 11 is 3.40. The molecule has 76 valence electrons. The van der Waals surface area contributed by atoms with Gasteiger partial charge in [-0.05, 0) is 30.7 Å². The minimum atomic E-state index is -0.534. The van der Waals surface area contributed by atoms with Gasteiger partial charge in [0.2, 0.25) is 0 Å². The highest BCUT2D eigenvalue weighted by Gasteiger charge is 2.30. The fourth-order valence-corrected chi connectivity index (χ4v) is 2.13. The van der Waals surface area contributed by atoms with E-state index in [1.54, 1.807) is 0 Å². The van der Waals surface area contributed by atoms with Gasteiger partial charge in [-0.1, -0.05) is 28.1 Å². The Kier molecular flexibility index (Phi) is 2.91. The number of halogens is 1. The Balaban J connectivity index is 2.06. The number of hydrogen-bond acceptors (Lipinski definition) is 2. The predicted octanol–water partition coefficient (Wildman–Crippen LogP) is 1.72. The van der Waals surface area contributed by atoms with Gasteiger partial charge in [-0.25, -0.2) is 0 Å². The molecule has 0 radical (unpaired) electrons. The summed E-state index contributed by atoms with van der Waals surface area (Å²) in [6, 6.07) is 8.14. The van der Waals surface area contributed by atoms with E-state index < -0.39 is 5.60 Å². The summed E-state index contributed by atoms with van der Waals surface area (Å²) in [6.07, 6.45) is 1.59. The van der Waals surface area contributed by atoms with E-state index >= 15 is 0 Å². The first-order valence-electron chi connectivity index (χ1n) is 4.86. The van der Waals surface area contributed by atoms with Crippen LogP contribution in [0.3, 0.4) is 0 Å². The molecule has 1 unspecified atom stereocenters. The van der Waals surface area contributed by atoms with Crippen molar-refractivity contribution in [1.29, 1.82) is 0 Å². The maximum atomic E-state index is 10.1. The summed E-state index contributed by atoms with van der Waals surface area (Å²) in [5, 5.41) is 13.3. The van der Waals surface area contributed by atoms with Crippen molar-refractivity contribution in [3.8, 4) is 0 Å². The maximum Gasteiger partial charge on any atom is 0.0823 e. The van der Waals surface area contributed by atoms with E-state index in [2.05, 4.69) is 33.4 Å². The number of β-amino-alcohol motifs (C(OH)–C–C–N with tert-alkyl or cyclic N) is 1. The van der Waals surface area contributed by atoms with Crippen molar-refractivity contribution in [1.82, 2.24) is 5.32 Å². The topological polar surface area (TPSA) is 32.3 Å². The quantitative estimate of drug-likeness (QED) is 0.844. The van der Waals surface area contributed by atoms with Crippen LogP contribution >= 0.6 is 15.9 Å². The lowest BCUT2D eigenvalue weighted by atomic mass is 9.94. The molecule has 2 rings (SSSR count). The lowest BCUT2D eigenvalue weighted by molar-refractivity contribution is 0.0619. The summed E-state index contributed by atoms with van der Waals surface area (Å²) in [5.41, 5.74) is 0.660. The molecule has 1 atom stereocenters. The third-order valence-electron chi connectivity index (χ3n) is 2.67. The standard InChI is InChI=1S/C11H14BrNO/c12-10-3-1-9(2-4-10)7-11(14)5-6-13-8-11/h1-4,13-14H,5-8H2. The molecule has 1 aliphatic rings. The van der Waals surface area contributed by atoms with Gasteiger partial charge < -0.3 is 10.4 Å². The molecule has 1 aromatic carbocycles. The fourth-order valence-electron chi connectivity index (χ4n) is 1.86. The zero-order valence-corrected chi connectivity index (χ0v) is 9.55. The molecule has 1 fully saturated rings. The average molecular weight is 256 g/mol. The van der Waals surface area contributed by atoms with Crippen LogP contribution in [0.2, 0.25) is 0 Å². The van der Waals surface area contributed by atoms with Gasteiger partial charge in [0.1, 0.15) is 0 Å². The molecule has 1 aliphatic heterocycles. The molecule has 0 aromatic heterocycles. The van der Waals surface area contributed by atoms with Crippen LogP contribution in [-0.2, 0) is 6.42 Å². The molecule has 1 heterocycles. The molecule has 0 spiro atoms. The smallest absolute Gasteiger partial charge is 0.0823 e. The second-order valence-electron chi connectivity index (χ2n) is 3.95. The van der Waals surface area contributed by atoms with Crippen molar-refractivity contribution >= 4 is 15.9 Å². The third kappa shape index (κ3) is 2.35. The number of benzene rings is 1. The first-order valence-corrected chi connectivity index (χ1v) is 5.65. The van der Waals surface area contributed by atoms with E-state index in [1.165, 1.54) is 5.56 Å². The Morgan fingerprint density at radius 1 is 1.36 bits per heavy atom. The van der Waals surface area contributed by atoms with E-state index in [1.807, 2.05) is 12.1 Å². The number of hydrogen-bond donors (Lipinski definition) is 2. The van der Waals surface area contributed by atoms with Gasteiger partial charge in [-0.15, -0.1) is 0 Å². The van der Waals surface area contributed by atoms with Gasteiger partial charge in [0.05, 0.1) is 5.60 Å². The molecule has 0 amide bonds. The molecular formula is C11H14BrNO. The Hall–Kier alpha value is -0.380. The maximum absolute atomic E-state index is 10.1. The molecule has 0 aliphatic carbocycles. The van der Waals surface area contributed by atoms with Crippen LogP contribution in [0.15, 0.2) is 28.7 Å². The number of aliphatic hydroxyl groups is 1. The van der Waals surface area contributed by atoms with Crippen molar-refractivity contribution in [3.63, 3.8) is 0 Å². The Bertz CT molecular complexity index is 304. The first-order chi connectivity index (χ1) is 6.68. The summed E-state index contributed by atoms with van der Waals surface area (Å²) in [6.45, 7) is 1.64. The second kappa shape index (κ2) is 4.01. The van der Waals surface area contributed by atoms with Gasteiger partial charge in [-0.3, -0.25) is 0 Å². The number of rotatable bonds is 2. The van der Waals surface area contributed by atoms with Gasteiger partial charge in [0.15, 0.2) is 0 Å². The molecule has 0 saturated carbocycles. The monoisotopic (exact) mass is 255 g/mol. The van der Waals surface area contributed by atoms with Crippen molar-refractivity contribution in [3.05, 3.63) is 34.3 Å². The van der Waals surface area contributed by atoms with E-state index in [0.29, 0.717) is 6.54 Å². The minimum Gasteiger partial charge on any atom is -0.388 e. The van der Waals surface area contributed by atoms with E-state index in [0.717, 1.165) is 23.9 Å². The Morgan fingerprint density at radius 3 is 2.64 bits per heavy atom. The van der Waals surface area contributed by atoms with Crippen LogP contribution < -0.4 is 5.32 Å². The molecule has 0 bridgehead atoms. The summed E-state index contributed by atoms with van der Waals surface area (Å²) in [5.74, 6) is 0. The van der Waals surface area contributed by atoms with Crippen LogP contribution in [0, 0.1) is 0 Å². The van der Waals surface area contributed by atoms with Crippen molar-refractivity contribution < 1.29 is 5.11 Å². The average Bonchev–Trinajstić information content (AvgIpc) is 2.57. The van der Waals surface area contributed by atoms with Crippen LogP contribution in [0.5, 0.6) is 0 Å². The van der Waals surface area contributed by atoms with Crippen molar-refractivity contribution in [2.24, 2.45) is 0 Å². The Labute approximate surface area is 92.5 Å². The predicted molar refractivity (Wildman–Crippen MR) is 60.3 cm³/mol. The second-order valence-corrected chi connectivity index (χ2v) is 4.87. The van der Waals surface area contributed by atoms with Gasteiger partial charge in [-0.2, -0.15) is 0 Å². The summed E-state index contributed by atoms with van der Waals surface area (Å²) in [7, 11) is 0. The van der Waals surface area contributed by atoms with Crippen molar-refractivity contribution in [2.75, 3.05) is 13.1 Å². The van der Waals surface area contributed by atoms with Crippen molar-refractivity contribution in [2.45, 2.75) is 18.4 Å². The first kappa shape index (κ1) is 10.1. The van der Waals surface area contributed by atoms with Crippen LogP contribution in [0.1, 0.15) is 12.0 Å². The van der Waals surface area contributed by atoms with E-state index in [-0.39, 0.29) is 0 Å². The van der Waals surface area contributed by atoms with E-state index in [9.17, 15) is 5.11 Å². The molecule has 2 N–H and O–H groups in total. The van der Waals surface area contributed by atoms with Gasteiger partial charge >= 0.3 is 0 Å². The van der Waals surface area contributed by atoms with Gasteiger partial charge in [0.25, 0.3) is 0 Å². The molecule has 3 heteroatoms. The zero-order chi connectivity index (χ0) is 10.0. The van der Waals surface area contributed by atoms with Crippen LogP contribution in [0.25, 0.3) is 0 Å². The lowest BCUT2D eigenvalue weighted by Gasteiger charge is -2.21.